The van der Waals surface area contributed by atoms with Gasteiger partial charge >= 0.3 is 7.12 Å². The normalized spacial score (nSPS) is 20.1. The van der Waals surface area contributed by atoms with Crippen molar-refractivity contribution in [2.24, 2.45) is 0 Å². The molecule has 3 rings (SSSR count). The Morgan fingerprint density at radius 1 is 0.875 bits per heavy atom. The van der Waals surface area contributed by atoms with Crippen molar-refractivity contribution in [3.8, 4) is 0 Å². The summed E-state index contributed by atoms with van der Waals surface area (Å²) in [6.45, 7) is 8.19. The van der Waals surface area contributed by atoms with Gasteiger partial charge in [-0.1, -0.05) is 54.6 Å². The molecule has 4 heteroatoms. The fourth-order valence-corrected chi connectivity index (χ4v) is 2.81. The topological polar surface area (TPSA) is 38.7 Å². The molecule has 0 aliphatic carbocycles. The van der Waals surface area contributed by atoms with E-state index in [-0.39, 0.29) is 18.3 Å². The third-order valence-electron chi connectivity index (χ3n) is 5.12. The average molecular weight is 324 g/mol. The predicted molar refractivity (Wildman–Crippen MR) is 97.3 cm³/mol. The van der Waals surface area contributed by atoms with E-state index in [9.17, 15) is 5.11 Å². The van der Waals surface area contributed by atoms with Crippen LogP contribution in [0.1, 0.15) is 44.9 Å². The molecule has 2 aromatic rings. The molecule has 1 atom stereocenters. The highest BCUT2D eigenvalue weighted by atomic mass is 16.7. The minimum Gasteiger partial charge on any atom is -0.399 e. The number of benzene rings is 2. The number of hydrogen-bond acceptors (Lipinski definition) is 3. The molecule has 0 aromatic heterocycles. The first kappa shape index (κ1) is 17.2. The maximum absolute atomic E-state index is 10.4. The lowest BCUT2D eigenvalue weighted by Gasteiger charge is -2.32. The fourth-order valence-electron chi connectivity index (χ4n) is 2.81. The zero-order valence-corrected chi connectivity index (χ0v) is 14.8. The van der Waals surface area contributed by atoms with Gasteiger partial charge in [0.1, 0.15) is 0 Å². The number of hydrogen-bond donors (Lipinski definition) is 1. The van der Waals surface area contributed by atoms with Gasteiger partial charge in [0.25, 0.3) is 0 Å². The van der Waals surface area contributed by atoms with Crippen molar-refractivity contribution in [1.29, 1.82) is 0 Å². The van der Waals surface area contributed by atoms with Gasteiger partial charge in [-0.05, 0) is 44.3 Å². The van der Waals surface area contributed by atoms with Crippen LogP contribution in [-0.2, 0) is 15.7 Å². The average Bonchev–Trinajstić information content (AvgIpc) is 2.76. The molecule has 1 aliphatic heterocycles. The van der Waals surface area contributed by atoms with Gasteiger partial charge in [0.05, 0.1) is 17.3 Å². The Bertz CT molecular complexity index is 664. The molecule has 0 radical (unpaired) electrons. The van der Waals surface area contributed by atoms with Gasteiger partial charge in [0.15, 0.2) is 0 Å². The highest BCUT2D eigenvalue weighted by Crippen LogP contribution is 2.36. The van der Waals surface area contributed by atoms with Gasteiger partial charge in [0.2, 0.25) is 0 Å². The molecule has 1 heterocycles. The van der Waals surface area contributed by atoms with Crippen LogP contribution in [0.4, 0.5) is 0 Å². The Balaban J connectivity index is 1.70. The lowest BCUT2D eigenvalue weighted by Crippen LogP contribution is -2.41. The van der Waals surface area contributed by atoms with Crippen molar-refractivity contribution in [1.82, 2.24) is 0 Å². The minimum atomic E-state index is -0.514. The summed E-state index contributed by atoms with van der Waals surface area (Å²) in [4.78, 5) is 0. The van der Waals surface area contributed by atoms with E-state index in [1.165, 1.54) is 0 Å². The van der Waals surface area contributed by atoms with Gasteiger partial charge in [0, 0.05) is 6.42 Å². The summed E-state index contributed by atoms with van der Waals surface area (Å²) >= 11 is 0. The van der Waals surface area contributed by atoms with Crippen LogP contribution in [0, 0.1) is 0 Å². The second-order valence-electron chi connectivity index (χ2n) is 7.46. The summed E-state index contributed by atoms with van der Waals surface area (Å²) in [5.74, 6) is 0. The van der Waals surface area contributed by atoms with Crippen LogP contribution in [0.5, 0.6) is 0 Å². The first-order chi connectivity index (χ1) is 11.3. The number of rotatable bonds is 4. The van der Waals surface area contributed by atoms with Crippen molar-refractivity contribution in [2.45, 2.75) is 51.4 Å². The van der Waals surface area contributed by atoms with E-state index in [2.05, 4.69) is 0 Å². The molecular weight excluding hydrogens is 299 g/mol. The SMILES string of the molecule is CC1(C)OB(c2ccc(C(O)Cc3ccccc3)cc2)OC1(C)C. The molecule has 0 spiro atoms. The lowest BCUT2D eigenvalue weighted by atomic mass is 9.78. The van der Waals surface area contributed by atoms with Crippen LogP contribution in [-0.4, -0.2) is 23.4 Å². The van der Waals surface area contributed by atoms with Crippen LogP contribution < -0.4 is 5.46 Å². The van der Waals surface area contributed by atoms with Crippen LogP contribution in [0.25, 0.3) is 0 Å². The van der Waals surface area contributed by atoms with E-state index in [1.54, 1.807) is 0 Å². The molecule has 126 valence electrons. The first-order valence-electron chi connectivity index (χ1n) is 8.46. The van der Waals surface area contributed by atoms with Gasteiger partial charge < -0.3 is 14.4 Å². The fraction of sp³-hybridized carbons (Fsp3) is 0.400. The molecule has 1 N–H and O–H groups in total. The Morgan fingerprint density at radius 2 is 1.42 bits per heavy atom. The summed E-state index contributed by atoms with van der Waals surface area (Å²) < 4.78 is 12.1. The van der Waals surface area contributed by atoms with E-state index >= 15 is 0 Å². The highest BCUT2D eigenvalue weighted by molar-refractivity contribution is 6.62. The Kier molecular flexibility index (Phi) is 4.56. The zero-order valence-electron chi connectivity index (χ0n) is 14.8. The molecule has 3 nitrogen and oxygen atoms in total. The monoisotopic (exact) mass is 324 g/mol. The van der Waals surface area contributed by atoms with Crippen LogP contribution in [0.15, 0.2) is 54.6 Å². The van der Waals surface area contributed by atoms with Crippen molar-refractivity contribution >= 4 is 12.6 Å². The second-order valence-corrected chi connectivity index (χ2v) is 7.46. The summed E-state index contributed by atoms with van der Waals surface area (Å²) in [6, 6.07) is 17.9. The molecule has 0 saturated carbocycles. The standard InChI is InChI=1S/C20H25BO3/c1-19(2)20(3,4)24-21(23-19)17-12-10-16(11-13-17)18(22)14-15-8-6-5-7-9-15/h5-13,18,22H,14H2,1-4H3. The molecule has 1 aliphatic rings. The summed E-state index contributed by atoms with van der Waals surface area (Å²) in [5.41, 5.74) is 2.32. The minimum absolute atomic E-state index is 0.344. The maximum Gasteiger partial charge on any atom is 0.494 e. The highest BCUT2D eigenvalue weighted by Gasteiger charge is 2.51. The molecule has 0 amide bonds. The van der Waals surface area contributed by atoms with E-state index < -0.39 is 6.10 Å². The molecule has 0 bridgehead atoms. The zero-order chi connectivity index (χ0) is 17.4. The predicted octanol–water partition coefficient (Wildman–Crippen LogP) is 3.26. The van der Waals surface area contributed by atoms with Crippen molar-refractivity contribution in [3.63, 3.8) is 0 Å². The van der Waals surface area contributed by atoms with Gasteiger partial charge in [-0.25, -0.2) is 0 Å². The third kappa shape index (κ3) is 3.41. The Hall–Kier alpha value is -1.62. The summed E-state index contributed by atoms with van der Waals surface area (Å²) in [5, 5.41) is 10.4. The van der Waals surface area contributed by atoms with E-state index in [0.29, 0.717) is 6.42 Å². The molecule has 1 saturated heterocycles. The summed E-state index contributed by atoms with van der Waals surface area (Å²) in [6.07, 6.45) is 0.0937. The number of aliphatic hydroxyl groups excluding tert-OH is 1. The quantitative estimate of drug-likeness (QED) is 0.878. The van der Waals surface area contributed by atoms with Crippen LogP contribution >= 0.6 is 0 Å². The lowest BCUT2D eigenvalue weighted by molar-refractivity contribution is 0.00578. The van der Waals surface area contributed by atoms with E-state index in [0.717, 1.165) is 16.6 Å². The van der Waals surface area contributed by atoms with E-state index in [1.807, 2.05) is 82.3 Å². The van der Waals surface area contributed by atoms with Crippen molar-refractivity contribution < 1.29 is 14.4 Å². The maximum atomic E-state index is 10.4. The smallest absolute Gasteiger partial charge is 0.399 e. The Morgan fingerprint density at radius 3 is 1.96 bits per heavy atom. The van der Waals surface area contributed by atoms with Gasteiger partial charge in [-0.2, -0.15) is 0 Å². The molecular formula is C20H25BO3. The molecule has 2 aromatic carbocycles. The second kappa shape index (κ2) is 6.36. The van der Waals surface area contributed by atoms with Crippen LogP contribution in [0.3, 0.4) is 0 Å². The third-order valence-corrected chi connectivity index (χ3v) is 5.12. The van der Waals surface area contributed by atoms with Crippen molar-refractivity contribution in [3.05, 3.63) is 65.7 Å². The molecule has 1 fully saturated rings. The van der Waals surface area contributed by atoms with E-state index in [4.69, 9.17) is 9.31 Å². The van der Waals surface area contributed by atoms with Gasteiger partial charge in [-0.15, -0.1) is 0 Å². The molecule has 1 unspecified atom stereocenters. The van der Waals surface area contributed by atoms with Crippen molar-refractivity contribution in [2.75, 3.05) is 0 Å². The summed E-state index contributed by atoms with van der Waals surface area (Å²) in [7, 11) is -0.365. The number of aliphatic hydroxyl groups is 1. The largest absolute Gasteiger partial charge is 0.494 e. The van der Waals surface area contributed by atoms with Gasteiger partial charge in [-0.3, -0.25) is 0 Å². The molecule has 24 heavy (non-hydrogen) atoms. The Labute approximate surface area is 144 Å². The van der Waals surface area contributed by atoms with Crippen LogP contribution in [0.2, 0.25) is 0 Å². The first-order valence-corrected chi connectivity index (χ1v) is 8.46.